The molecule has 36 heavy (non-hydrogen) atoms. The predicted octanol–water partition coefficient (Wildman–Crippen LogP) is 6.78. The number of amides is 2. The van der Waals surface area contributed by atoms with E-state index in [9.17, 15) is 9.59 Å². The standard InChI is InChI=1S/C29H32Cl2N2O2S/c1-2-3-16-32-29(35)27(17-22-10-6-4-7-11-22)33(19-23-12-8-5-9-13-23)28(34)21-36-20-24-14-15-25(30)18-26(24)31/h4-15,18,27H,2-3,16-17,19-21H2,1H3,(H,32,35)/t27-/m0/s1. The van der Waals surface area contributed by atoms with Crippen molar-refractivity contribution in [3.05, 3.63) is 106 Å². The molecule has 3 aromatic rings. The molecule has 1 N–H and O–H groups in total. The van der Waals surface area contributed by atoms with E-state index in [4.69, 9.17) is 23.2 Å². The summed E-state index contributed by atoms with van der Waals surface area (Å²) in [7, 11) is 0. The van der Waals surface area contributed by atoms with Crippen molar-refractivity contribution in [2.75, 3.05) is 12.3 Å². The van der Waals surface area contributed by atoms with Gasteiger partial charge in [-0.15, -0.1) is 11.8 Å². The van der Waals surface area contributed by atoms with Crippen molar-refractivity contribution < 1.29 is 9.59 Å². The van der Waals surface area contributed by atoms with Crippen molar-refractivity contribution in [1.29, 1.82) is 0 Å². The van der Waals surface area contributed by atoms with Gasteiger partial charge in [-0.05, 0) is 35.2 Å². The van der Waals surface area contributed by atoms with Crippen molar-refractivity contribution in [2.45, 2.75) is 44.5 Å². The number of unbranched alkanes of at least 4 members (excludes halogenated alkanes) is 1. The third kappa shape index (κ3) is 8.88. The third-order valence-electron chi connectivity index (χ3n) is 5.79. The number of hydrogen-bond acceptors (Lipinski definition) is 3. The van der Waals surface area contributed by atoms with Crippen LogP contribution in [0.4, 0.5) is 0 Å². The average Bonchev–Trinajstić information content (AvgIpc) is 2.88. The van der Waals surface area contributed by atoms with E-state index in [-0.39, 0.29) is 17.6 Å². The minimum atomic E-state index is -0.614. The summed E-state index contributed by atoms with van der Waals surface area (Å²) in [4.78, 5) is 28.7. The SMILES string of the molecule is CCCCNC(=O)[C@H](Cc1ccccc1)N(Cc1ccccc1)C(=O)CSCc1ccc(Cl)cc1Cl. The monoisotopic (exact) mass is 542 g/mol. The second kappa shape index (κ2) is 14.9. The molecule has 190 valence electrons. The number of rotatable bonds is 13. The summed E-state index contributed by atoms with van der Waals surface area (Å²) in [6, 6.07) is 24.4. The maximum Gasteiger partial charge on any atom is 0.243 e. The molecule has 3 rings (SSSR count). The second-order valence-electron chi connectivity index (χ2n) is 8.59. The third-order valence-corrected chi connectivity index (χ3v) is 7.35. The van der Waals surface area contributed by atoms with Gasteiger partial charge in [0.25, 0.3) is 0 Å². The van der Waals surface area contributed by atoms with E-state index < -0.39 is 6.04 Å². The van der Waals surface area contributed by atoms with Gasteiger partial charge in [-0.25, -0.2) is 0 Å². The van der Waals surface area contributed by atoms with E-state index in [0.717, 1.165) is 29.5 Å². The molecule has 0 heterocycles. The quantitative estimate of drug-likeness (QED) is 0.242. The molecule has 0 spiro atoms. The lowest BCUT2D eigenvalue weighted by atomic mass is 10.0. The Morgan fingerprint density at radius 1 is 0.944 bits per heavy atom. The van der Waals surface area contributed by atoms with Gasteiger partial charge in [0, 0.05) is 35.3 Å². The Bertz CT molecular complexity index is 1110. The molecule has 4 nitrogen and oxygen atoms in total. The predicted molar refractivity (Wildman–Crippen MR) is 151 cm³/mol. The first kappa shape index (κ1) is 28.1. The molecule has 0 saturated carbocycles. The summed E-state index contributed by atoms with van der Waals surface area (Å²) in [5.41, 5.74) is 2.92. The van der Waals surface area contributed by atoms with E-state index in [2.05, 4.69) is 12.2 Å². The first-order valence-electron chi connectivity index (χ1n) is 12.1. The van der Waals surface area contributed by atoms with Gasteiger partial charge in [0.15, 0.2) is 0 Å². The normalized spacial score (nSPS) is 11.6. The molecule has 0 aliphatic rings. The molecule has 0 fully saturated rings. The van der Waals surface area contributed by atoms with Gasteiger partial charge in [-0.1, -0.05) is 103 Å². The van der Waals surface area contributed by atoms with Crippen LogP contribution in [-0.2, 0) is 28.3 Å². The Morgan fingerprint density at radius 3 is 2.25 bits per heavy atom. The molecule has 0 bridgehead atoms. The zero-order valence-corrected chi connectivity index (χ0v) is 22.8. The summed E-state index contributed by atoms with van der Waals surface area (Å²) in [5, 5.41) is 4.21. The first-order valence-corrected chi connectivity index (χ1v) is 14.1. The summed E-state index contributed by atoms with van der Waals surface area (Å²) >= 11 is 13.8. The highest BCUT2D eigenvalue weighted by Crippen LogP contribution is 2.25. The molecular formula is C29H32Cl2N2O2S. The first-order chi connectivity index (χ1) is 17.5. The summed E-state index contributed by atoms with van der Waals surface area (Å²) in [6.07, 6.45) is 2.33. The Hall–Kier alpha value is -2.47. The lowest BCUT2D eigenvalue weighted by Gasteiger charge is -2.31. The fourth-order valence-corrected chi connectivity index (χ4v) is 5.28. The van der Waals surface area contributed by atoms with Crippen LogP contribution in [0.1, 0.15) is 36.5 Å². The Morgan fingerprint density at radius 2 is 1.61 bits per heavy atom. The van der Waals surface area contributed by atoms with E-state index in [1.165, 1.54) is 11.8 Å². The fraction of sp³-hybridized carbons (Fsp3) is 0.310. The van der Waals surface area contributed by atoms with Crippen LogP contribution in [-0.4, -0.2) is 35.1 Å². The summed E-state index contributed by atoms with van der Waals surface area (Å²) in [5.74, 6) is 0.606. The largest absolute Gasteiger partial charge is 0.354 e. The van der Waals surface area contributed by atoms with Crippen LogP contribution < -0.4 is 5.32 Å². The van der Waals surface area contributed by atoms with E-state index >= 15 is 0 Å². The van der Waals surface area contributed by atoms with Crippen LogP contribution in [0.25, 0.3) is 0 Å². The van der Waals surface area contributed by atoms with Crippen LogP contribution in [0.15, 0.2) is 78.9 Å². The van der Waals surface area contributed by atoms with Crippen molar-refractivity contribution in [3.63, 3.8) is 0 Å². The number of carbonyl (C=O) groups is 2. The number of nitrogens with one attached hydrogen (secondary N) is 1. The second-order valence-corrected chi connectivity index (χ2v) is 10.4. The van der Waals surface area contributed by atoms with Gasteiger partial charge in [-0.3, -0.25) is 9.59 Å². The molecule has 1 atom stereocenters. The van der Waals surface area contributed by atoms with Crippen LogP contribution in [0, 0.1) is 0 Å². The number of hydrogen-bond donors (Lipinski definition) is 1. The van der Waals surface area contributed by atoms with Gasteiger partial charge in [-0.2, -0.15) is 0 Å². The maximum atomic E-state index is 13.6. The van der Waals surface area contributed by atoms with Crippen molar-refractivity contribution >= 4 is 46.8 Å². The highest BCUT2D eigenvalue weighted by Gasteiger charge is 2.30. The number of halogens is 2. The zero-order valence-electron chi connectivity index (χ0n) is 20.5. The van der Waals surface area contributed by atoms with Gasteiger partial charge in [0.05, 0.1) is 5.75 Å². The molecule has 0 aliphatic carbocycles. The fourth-order valence-electron chi connectivity index (χ4n) is 3.81. The average molecular weight is 544 g/mol. The highest BCUT2D eigenvalue weighted by atomic mass is 35.5. The van der Waals surface area contributed by atoms with Crippen LogP contribution >= 0.6 is 35.0 Å². The van der Waals surface area contributed by atoms with Crippen LogP contribution in [0.5, 0.6) is 0 Å². The van der Waals surface area contributed by atoms with Crippen LogP contribution in [0.3, 0.4) is 0 Å². The lowest BCUT2D eigenvalue weighted by molar-refractivity contribution is -0.139. The Kier molecular flexibility index (Phi) is 11.7. The van der Waals surface area contributed by atoms with Crippen molar-refractivity contribution in [2.24, 2.45) is 0 Å². The van der Waals surface area contributed by atoms with Gasteiger partial charge in [0.1, 0.15) is 6.04 Å². The summed E-state index contributed by atoms with van der Waals surface area (Å²) in [6.45, 7) is 3.04. The molecular weight excluding hydrogens is 511 g/mol. The van der Waals surface area contributed by atoms with E-state index in [1.807, 2.05) is 66.7 Å². The van der Waals surface area contributed by atoms with E-state index in [0.29, 0.717) is 35.3 Å². The molecule has 0 unspecified atom stereocenters. The zero-order chi connectivity index (χ0) is 25.8. The molecule has 0 aliphatic heterocycles. The minimum absolute atomic E-state index is 0.0829. The van der Waals surface area contributed by atoms with Crippen molar-refractivity contribution in [3.8, 4) is 0 Å². The molecule has 2 amide bonds. The Labute approximate surface area is 228 Å². The molecule has 7 heteroatoms. The molecule has 0 radical (unpaired) electrons. The topological polar surface area (TPSA) is 49.4 Å². The minimum Gasteiger partial charge on any atom is -0.354 e. The lowest BCUT2D eigenvalue weighted by Crippen LogP contribution is -2.51. The smallest absolute Gasteiger partial charge is 0.243 e. The highest BCUT2D eigenvalue weighted by molar-refractivity contribution is 7.99. The van der Waals surface area contributed by atoms with Gasteiger partial charge >= 0.3 is 0 Å². The number of carbonyl (C=O) groups excluding carboxylic acids is 2. The number of nitrogens with zero attached hydrogens (tertiary/aromatic N) is 1. The van der Waals surface area contributed by atoms with Gasteiger partial charge < -0.3 is 10.2 Å². The van der Waals surface area contributed by atoms with Crippen molar-refractivity contribution in [1.82, 2.24) is 10.2 Å². The molecule has 3 aromatic carbocycles. The van der Waals surface area contributed by atoms with Crippen LogP contribution in [0.2, 0.25) is 10.0 Å². The Balaban J connectivity index is 1.81. The summed E-state index contributed by atoms with van der Waals surface area (Å²) < 4.78 is 0. The molecule has 0 saturated heterocycles. The maximum absolute atomic E-state index is 13.6. The molecule has 0 aromatic heterocycles. The number of benzene rings is 3. The number of thioether (sulfide) groups is 1. The van der Waals surface area contributed by atoms with E-state index in [1.54, 1.807) is 17.0 Å². The van der Waals surface area contributed by atoms with Gasteiger partial charge in [0.2, 0.25) is 11.8 Å².